The Hall–Kier alpha value is -1.80. The van der Waals surface area contributed by atoms with Gasteiger partial charge in [-0.15, -0.1) is 0 Å². The summed E-state index contributed by atoms with van der Waals surface area (Å²) >= 11 is 0. The summed E-state index contributed by atoms with van der Waals surface area (Å²) in [6.07, 6.45) is 0.0145. The molecule has 2 saturated heterocycles. The van der Waals surface area contributed by atoms with Gasteiger partial charge in [0.2, 0.25) is 10.0 Å². The molecule has 2 fully saturated rings. The quantitative estimate of drug-likeness (QED) is 0.896. The highest BCUT2D eigenvalue weighted by Crippen LogP contribution is 2.25. The van der Waals surface area contributed by atoms with Crippen LogP contribution in [0.2, 0.25) is 0 Å². The Balaban J connectivity index is 1.61. The van der Waals surface area contributed by atoms with E-state index in [1.54, 1.807) is 12.1 Å². The van der Waals surface area contributed by atoms with E-state index in [2.05, 4.69) is 5.32 Å². The minimum Gasteiger partial charge on any atom is -0.441 e. The van der Waals surface area contributed by atoms with Gasteiger partial charge in [0.15, 0.2) is 6.10 Å². The highest BCUT2D eigenvalue weighted by atomic mass is 32.2. The minimum atomic E-state index is -3.17. The van der Waals surface area contributed by atoms with Crippen molar-refractivity contribution in [3.05, 3.63) is 29.8 Å². The molecule has 1 amide bonds. The molecule has 1 N–H and O–H groups in total. The Bertz CT molecular complexity index is 670. The number of ether oxygens (including phenoxy) is 2. The number of hydrogen-bond donors (Lipinski definition) is 1. The van der Waals surface area contributed by atoms with Crippen molar-refractivity contribution < 1.29 is 22.7 Å². The van der Waals surface area contributed by atoms with Crippen LogP contribution in [0.3, 0.4) is 0 Å². The molecule has 1 aromatic carbocycles. The molecule has 23 heavy (non-hydrogen) atoms. The summed E-state index contributed by atoms with van der Waals surface area (Å²) in [4.78, 5) is 11.7. The Labute approximate surface area is 135 Å². The van der Waals surface area contributed by atoms with Gasteiger partial charge in [-0.2, -0.15) is 0 Å². The van der Waals surface area contributed by atoms with Crippen molar-refractivity contribution in [2.75, 3.05) is 29.8 Å². The van der Waals surface area contributed by atoms with Crippen LogP contribution in [0.1, 0.15) is 24.9 Å². The number of nitrogens with one attached hydrogen (secondary N) is 1. The van der Waals surface area contributed by atoms with Gasteiger partial charge in [-0.1, -0.05) is 12.1 Å². The largest absolute Gasteiger partial charge is 0.441 e. The molecule has 0 radical (unpaired) electrons. The van der Waals surface area contributed by atoms with E-state index in [4.69, 9.17) is 9.47 Å². The lowest BCUT2D eigenvalue weighted by molar-refractivity contribution is -0.0983. The summed E-state index contributed by atoms with van der Waals surface area (Å²) in [6.45, 7) is 3.26. The Kier molecular flexibility index (Phi) is 4.45. The fourth-order valence-corrected chi connectivity index (χ4v) is 4.15. The lowest BCUT2D eigenvalue weighted by atomic mass is 10.1. The maximum Gasteiger partial charge on any atom is 0.408 e. The van der Waals surface area contributed by atoms with Gasteiger partial charge in [-0.3, -0.25) is 4.31 Å². The topological polar surface area (TPSA) is 84.9 Å². The smallest absolute Gasteiger partial charge is 0.408 e. The molecule has 0 saturated carbocycles. The number of anilines is 1. The van der Waals surface area contributed by atoms with E-state index in [1.807, 2.05) is 19.1 Å². The van der Waals surface area contributed by atoms with E-state index in [1.165, 1.54) is 4.31 Å². The van der Waals surface area contributed by atoms with Crippen LogP contribution < -0.4 is 9.62 Å². The number of carbonyl (C=O) groups is 1. The fraction of sp³-hybridized carbons (Fsp3) is 0.533. The normalized spacial score (nSPS) is 21.5. The van der Waals surface area contributed by atoms with E-state index in [9.17, 15) is 13.2 Å². The first kappa shape index (κ1) is 16.1. The average Bonchev–Trinajstić information content (AvgIpc) is 2.82. The molecule has 3 rings (SSSR count). The first-order valence-corrected chi connectivity index (χ1v) is 9.22. The SMILES string of the molecule is CC(NC(=O)OC1COC1)c1ccc(N2CCCS2(=O)=O)cc1. The first-order chi connectivity index (χ1) is 11.0. The number of rotatable bonds is 4. The Morgan fingerprint density at radius 1 is 1.35 bits per heavy atom. The molecule has 7 nitrogen and oxygen atoms in total. The number of amides is 1. The Morgan fingerprint density at radius 3 is 2.57 bits per heavy atom. The molecule has 0 aromatic heterocycles. The van der Waals surface area contributed by atoms with Crippen LogP contribution in [0.15, 0.2) is 24.3 Å². The van der Waals surface area contributed by atoms with Crippen LogP contribution in [-0.2, 0) is 19.5 Å². The zero-order valence-corrected chi connectivity index (χ0v) is 13.7. The molecule has 0 aliphatic carbocycles. The van der Waals surface area contributed by atoms with Crippen molar-refractivity contribution in [1.82, 2.24) is 5.32 Å². The van der Waals surface area contributed by atoms with E-state index < -0.39 is 16.1 Å². The van der Waals surface area contributed by atoms with Crippen LogP contribution in [0.5, 0.6) is 0 Å². The molecule has 2 heterocycles. The maximum absolute atomic E-state index is 11.9. The summed E-state index contributed by atoms with van der Waals surface area (Å²) < 4.78 is 35.3. The third kappa shape index (κ3) is 3.59. The van der Waals surface area contributed by atoms with Gasteiger partial charge in [-0.25, -0.2) is 13.2 Å². The van der Waals surface area contributed by atoms with Gasteiger partial charge >= 0.3 is 6.09 Å². The number of sulfonamides is 1. The summed E-state index contributed by atoms with van der Waals surface area (Å²) in [5, 5.41) is 2.75. The highest BCUT2D eigenvalue weighted by Gasteiger charge is 2.28. The van der Waals surface area contributed by atoms with Crippen molar-refractivity contribution in [3.8, 4) is 0 Å². The zero-order valence-electron chi connectivity index (χ0n) is 12.9. The summed E-state index contributed by atoms with van der Waals surface area (Å²) in [5.74, 6) is 0.198. The highest BCUT2D eigenvalue weighted by molar-refractivity contribution is 7.93. The molecule has 0 spiro atoms. The van der Waals surface area contributed by atoms with Gasteiger partial charge in [0.25, 0.3) is 0 Å². The summed E-state index contributed by atoms with van der Waals surface area (Å²) in [5.41, 5.74) is 1.54. The van der Waals surface area contributed by atoms with Gasteiger partial charge in [-0.05, 0) is 31.0 Å². The van der Waals surface area contributed by atoms with Crippen LogP contribution in [-0.4, -0.2) is 46.1 Å². The van der Waals surface area contributed by atoms with Crippen molar-refractivity contribution in [2.45, 2.75) is 25.5 Å². The molecule has 1 aromatic rings. The van der Waals surface area contributed by atoms with E-state index in [-0.39, 0.29) is 17.9 Å². The van der Waals surface area contributed by atoms with Crippen LogP contribution >= 0.6 is 0 Å². The van der Waals surface area contributed by atoms with Gasteiger partial charge in [0.05, 0.1) is 30.7 Å². The van der Waals surface area contributed by atoms with Crippen molar-refractivity contribution in [2.24, 2.45) is 0 Å². The van der Waals surface area contributed by atoms with E-state index in [0.29, 0.717) is 31.9 Å². The lowest BCUT2D eigenvalue weighted by Crippen LogP contribution is -2.41. The summed E-state index contributed by atoms with van der Waals surface area (Å²) in [7, 11) is -3.17. The molecule has 0 bridgehead atoms. The first-order valence-electron chi connectivity index (χ1n) is 7.61. The van der Waals surface area contributed by atoms with Crippen molar-refractivity contribution in [1.29, 1.82) is 0 Å². The second kappa shape index (κ2) is 6.37. The molecule has 126 valence electrons. The number of benzene rings is 1. The molecule has 2 aliphatic rings. The average molecular weight is 340 g/mol. The standard InChI is InChI=1S/C15H20N2O5S/c1-11(16-15(18)22-14-9-21-10-14)12-3-5-13(6-4-12)17-7-2-8-23(17,19)20/h3-6,11,14H,2,7-10H2,1H3,(H,16,18). The number of nitrogens with zero attached hydrogens (tertiary/aromatic N) is 1. The Morgan fingerprint density at radius 2 is 2.04 bits per heavy atom. The zero-order chi connectivity index (χ0) is 16.4. The van der Waals surface area contributed by atoms with E-state index in [0.717, 1.165) is 5.56 Å². The van der Waals surface area contributed by atoms with Crippen LogP contribution in [0.25, 0.3) is 0 Å². The van der Waals surface area contributed by atoms with Crippen LogP contribution in [0, 0.1) is 0 Å². The third-order valence-electron chi connectivity index (χ3n) is 4.00. The van der Waals surface area contributed by atoms with Gasteiger partial charge in [0, 0.05) is 6.54 Å². The summed E-state index contributed by atoms with van der Waals surface area (Å²) in [6, 6.07) is 6.94. The maximum atomic E-state index is 11.9. The van der Waals surface area contributed by atoms with Gasteiger partial charge < -0.3 is 14.8 Å². The second-order valence-electron chi connectivity index (χ2n) is 5.76. The molecule has 8 heteroatoms. The fourth-order valence-electron chi connectivity index (χ4n) is 2.59. The third-order valence-corrected chi connectivity index (χ3v) is 5.87. The minimum absolute atomic E-state index is 0.162. The molecular formula is C15H20N2O5S. The van der Waals surface area contributed by atoms with Crippen molar-refractivity contribution >= 4 is 21.8 Å². The number of alkyl carbamates (subject to hydrolysis) is 1. The monoisotopic (exact) mass is 340 g/mol. The van der Waals surface area contributed by atoms with Crippen LogP contribution in [0.4, 0.5) is 10.5 Å². The number of hydrogen-bond acceptors (Lipinski definition) is 5. The van der Waals surface area contributed by atoms with Crippen molar-refractivity contribution in [3.63, 3.8) is 0 Å². The lowest BCUT2D eigenvalue weighted by Gasteiger charge is -2.26. The molecular weight excluding hydrogens is 320 g/mol. The predicted molar refractivity (Wildman–Crippen MR) is 84.8 cm³/mol. The predicted octanol–water partition coefficient (Wildman–Crippen LogP) is 1.41. The number of carbonyl (C=O) groups excluding carboxylic acids is 1. The molecule has 1 unspecified atom stereocenters. The molecule has 1 atom stereocenters. The molecule has 2 aliphatic heterocycles. The van der Waals surface area contributed by atoms with E-state index >= 15 is 0 Å². The van der Waals surface area contributed by atoms with Gasteiger partial charge in [0.1, 0.15) is 0 Å². The second-order valence-corrected chi connectivity index (χ2v) is 7.78.